The van der Waals surface area contributed by atoms with Gasteiger partial charge in [-0.15, -0.1) is 0 Å². The van der Waals surface area contributed by atoms with Crippen LogP contribution in [0.1, 0.15) is 13.8 Å². The van der Waals surface area contributed by atoms with Crippen LogP contribution in [-0.2, 0) is 75.0 Å². The van der Waals surface area contributed by atoms with E-state index in [9.17, 15) is 9.59 Å². The fourth-order valence-electron chi connectivity index (χ4n) is 0.204. The van der Waals surface area contributed by atoms with Crippen LogP contribution in [-0.4, -0.2) is 12.6 Å². The van der Waals surface area contributed by atoms with Crippen molar-refractivity contribution in [3.8, 4) is 0 Å². The first-order chi connectivity index (χ1) is 3.72. The maximum absolute atomic E-state index is 9.80. The molecule has 0 saturated carbocycles. The monoisotopic (exact) mass is 290 g/mol. The van der Waals surface area contributed by atoms with Gasteiger partial charge in [-0.1, -0.05) is 13.8 Å². The molecule has 0 saturated heterocycles. The molecule has 0 spiro atoms. The summed E-state index contributed by atoms with van der Waals surface area (Å²) in [6, 6.07) is 0. The van der Waals surface area contributed by atoms with Crippen molar-refractivity contribution < 1.29 is 75.0 Å². The van der Waals surface area contributed by atoms with E-state index in [1.165, 1.54) is 0 Å². The van der Waals surface area contributed by atoms with Crippen molar-refractivity contribution in [1.82, 2.24) is 0 Å². The van der Waals surface area contributed by atoms with Gasteiger partial charge >= 0.3 is 0 Å². The van der Waals surface area contributed by atoms with Crippen LogP contribution in [0.25, 0.3) is 0 Å². The Balaban J connectivity index is -0.000000245. The molecule has 2 unspecified atom stereocenters. The van der Waals surface area contributed by atoms with Crippen molar-refractivity contribution in [1.29, 1.82) is 0 Å². The smallest absolute Gasteiger partial charge is 0 e. The Hall–Kier alpha value is 1.55. The van der Waals surface area contributed by atoms with Crippen LogP contribution < -0.4 is 0 Å². The molecule has 0 amide bonds. The van der Waals surface area contributed by atoms with Crippen LogP contribution in [0.2, 0.25) is 0 Å². The van der Waals surface area contributed by atoms with Crippen molar-refractivity contribution in [2.45, 2.75) is 13.8 Å². The van der Waals surface area contributed by atoms with Gasteiger partial charge in [0.2, 0.25) is 0 Å². The number of rotatable bonds is 3. The van der Waals surface area contributed by atoms with E-state index in [1.54, 1.807) is 26.4 Å². The quantitative estimate of drug-likeness (QED) is 0.708. The maximum Gasteiger partial charge on any atom is 0 e. The Morgan fingerprint density at radius 3 is 1.20 bits per heavy atom. The van der Waals surface area contributed by atoms with E-state index >= 15 is 0 Å². The normalized spacial score (nSPS) is 13.4. The Morgan fingerprint density at radius 1 is 0.900 bits per heavy atom. The molecule has 0 aliphatic carbocycles. The maximum atomic E-state index is 9.80. The zero-order chi connectivity index (χ0) is 6.57. The molecule has 2 radical (unpaired) electrons. The average molecular weight is 290 g/mol. The van der Waals surface area contributed by atoms with Gasteiger partial charge in [0.1, 0.15) is 0 Å². The second kappa shape index (κ2) is 10.5. The molecule has 0 aliphatic heterocycles. The molecule has 0 aromatic rings. The van der Waals surface area contributed by atoms with E-state index in [4.69, 9.17) is 0 Å². The van der Waals surface area contributed by atoms with Crippen LogP contribution in [0.15, 0.2) is 0 Å². The third-order valence-corrected chi connectivity index (χ3v) is 1.12. The van der Waals surface area contributed by atoms with Crippen molar-refractivity contribution in [3.63, 3.8) is 0 Å². The average Bonchev–Trinajstić information content (AvgIpc) is 1.84. The molecular formula is C6H8O2Y2-2. The summed E-state index contributed by atoms with van der Waals surface area (Å²) in [4.78, 5) is 19.6. The van der Waals surface area contributed by atoms with Gasteiger partial charge in [-0.3, -0.25) is 12.6 Å². The van der Waals surface area contributed by atoms with Crippen molar-refractivity contribution >= 4 is 12.6 Å². The van der Waals surface area contributed by atoms with Gasteiger partial charge in [0.25, 0.3) is 0 Å². The third kappa shape index (κ3) is 7.65. The molecule has 0 aromatic heterocycles. The number of hydrogen-bond donors (Lipinski definition) is 0. The van der Waals surface area contributed by atoms with Crippen LogP contribution >= 0.6 is 0 Å². The van der Waals surface area contributed by atoms with E-state index in [0.29, 0.717) is 0 Å². The third-order valence-electron chi connectivity index (χ3n) is 1.12. The van der Waals surface area contributed by atoms with Gasteiger partial charge in [0.05, 0.1) is 0 Å². The largest absolute Gasteiger partial charge is 0.542 e. The minimum absolute atomic E-state index is 0. The Labute approximate surface area is 112 Å². The van der Waals surface area contributed by atoms with Crippen LogP contribution in [0.4, 0.5) is 0 Å². The molecule has 52 valence electrons. The van der Waals surface area contributed by atoms with Crippen LogP contribution in [0, 0.1) is 11.8 Å². The molecule has 0 rings (SSSR count). The van der Waals surface area contributed by atoms with Gasteiger partial charge in [-0.05, 0) is 0 Å². The summed E-state index contributed by atoms with van der Waals surface area (Å²) in [6.45, 7) is 3.28. The van der Waals surface area contributed by atoms with E-state index < -0.39 is 0 Å². The molecule has 10 heavy (non-hydrogen) atoms. The SMILES string of the molecule is CC([C-]=O)C(C)[C-]=O.[Y].[Y]. The molecule has 0 fully saturated rings. The predicted octanol–water partition coefficient (Wildman–Crippen LogP) is 0.473. The second-order valence-electron chi connectivity index (χ2n) is 1.81. The Morgan fingerprint density at radius 2 is 1.10 bits per heavy atom. The first-order valence-electron chi connectivity index (χ1n) is 2.47. The minimum Gasteiger partial charge on any atom is -0.542 e. The molecule has 2 atom stereocenters. The zero-order valence-electron chi connectivity index (χ0n) is 6.13. The molecular weight excluding hydrogens is 282 g/mol. The molecule has 0 aromatic carbocycles. The number of hydrogen-bond acceptors (Lipinski definition) is 2. The summed E-state index contributed by atoms with van der Waals surface area (Å²) in [6.07, 6.45) is 3.41. The molecule has 0 heterocycles. The predicted molar refractivity (Wildman–Crippen MR) is 29.7 cm³/mol. The Kier molecular flexibility index (Phi) is 18.5. The van der Waals surface area contributed by atoms with Gasteiger partial charge in [0, 0.05) is 65.4 Å². The summed E-state index contributed by atoms with van der Waals surface area (Å²) in [5, 5.41) is 0. The Bertz CT molecular complexity index is 83.7. The standard InChI is InChI=1S/C6H8O2.2Y/c1-5(3-7)6(2)4-8;;/h5-6H,1-2H3;;/q-2;;. The topological polar surface area (TPSA) is 34.1 Å². The van der Waals surface area contributed by atoms with Crippen molar-refractivity contribution in [3.05, 3.63) is 0 Å². The molecule has 0 N–H and O–H groups in total. The van der Waals surface area contributed by atoms with E-state index in [-0.39, 0.29) is 77.3 Å². The van der Waals surface area contributed by atoms with Gasteiger partial charge in [-0.2, -0.15) is 11.8 Å². The number of carbonyl (C=O) groups excluding carboxylic acids is 2. The fraction of sp³-hybridized carbons (Fsp3) is 0.667. The van der Waals surface area contributed by atoms with E-state index in [2.05, 4.69) is 0 Å². The molecule has 0 aliphatic rings. The molecule has 0 bridgehead atoms. The minimum atomic E-state index is -0.313. The summed E-state index contributed by atoms with van der Waals surface area (Å²) in [7, 11) is 0. The molecule has 2 nitrogen and oxygen atoms in total. The van der Waals surface area contributed by atoms with Gasteiger partial charge in [0.15, 0.2) is 0 Å². The van der Waals surface area contributed by atoms with Crippen molar-refractivity contribution in [2.24, 2.45) is 11.8 Å². The first-order valence-corrected chi connectivity index (χ1v) is 2.47. The van der Waals surface area contributed by atoms with Crippen molar-refractivity contribution in [2.75, 3.05) is 0 Å². The van der Waals surface area contributed by atoms with Crippen LogP contribution in [0.5, 0.6) is 0 Å². The summed E-state index contributed by atoms with van der Waals surface area (Å²) < 4.78 is 0. The summed E-state index contributed by atoms with van der Waals surface area (Å²) in [5.41, 5.74) is 0. The second-order valence-corrected chi connectivity index (χ2v) is 1.81. The van der Waals surface area contributed by atoms with Gasteiger partial charge in [-0.25, -0.2) is 0 Å². The van der Waals surface area contributed by atoms with Gasteiger partial charge < -0.3 is 9.59 Å². The first kappa shape index (κ1) is 17.6. The molecule has 4 heteroatoms. The van der Waals surface area contributed by atoms with Crippen LogP contribution in [0.3, 0.4) is 0 Å². The fourth-order valence-corrected chi connectivity index (χ4v) is 0.204. The summed E-state index contributed by atoms with van der Waals surface area (Å²) in [5.74, 6) is -0.625. The van der Waals surface area contributed by atoms with E-state index in [1.807, 2.05) is 0 Å². The zero-order valence-corrected chi connectivity index (χ0v) is 11.8. The van der Waals surface area contributed by atoms with E-state index in [0.717, 1.165) is 0 Å². The summed E-state index contributed by atoms with van der Waals surface area (Å²) >= 11 is 0.